The van der Waals surface area contributed by atoms with E-state index in [1.54, 1.807) is 53.7 Å². The van der Waals surface area contributed by atoms with E-state index in [1.165, 1.54) is 0 Å². The second kappa shape index (κ2) is 9.09. The average molecular weight is 403 g/mol. The first kappa shape index (κ1) is 19.4. The lowest BCUT2D eigenvalue weighted by atomic mass is 10.2. The summed E-state index contributed by atoms with van der Waals surface area (Å²) >= 11 is 0. The molecule has 0 saturated heterocycles. The number of hydrogen-bond acceptors (Lipinski definition) is 5. The van der Waals surface area contributed by atoms with Crippen LogP contribution in [0.25, 0.3) is 0 Å². The first-order chi connectivity index (χ1) is 14.7. The molecule has 0 atom stereocenters. The van der Waals surface area contributed by atoms with Crippen LogP contribution in [0, 0.1) is 0 Å². The quantitative estimate of drug-likeness (QED) is 0.672. The van der Waals surface area contributed by atoms with Gasteiger partial charge in [0, 0.05) is 30.9 Å². The van der Waals surface area contributed by atoms with Crippen LogP contribution in [0.2, 0.25) is 0 Å². The van der Waals surface area contributed by atoms with Crippen molar-refractivity contribution in [2.45, 2.75) is 12.8 Å². The minimum Gasteiger partial charge on any atom is -0.490 e. The Bertz CT molecular complexity index is 1020. The van der Waals surface area contributed by atoms with Gasteiger partial charge in [0.2, 0.25) is 11.8 Å². The highest BCUT2D eigenvalue weighted by Crippen LogP contribution is 2.31. The van der Waals surface area contributed by atoms with Crippen LogP contribution in [0.15, 0.2) is 73.1 Å². The minimum absolute atomic E-state index is 0.0954. The van der Waals surface area contributed by atoms with Gasteiger partial charge in [-0.15, -0.1) is 0 Å². The van der Waals surface area contributed by atoms with E-state index in [-0.39, 0.29) is 24.7 Å². The van der Waals surface area contributed by atoms with Gasteiger partial charge in [-0.2, -0.15) is 0 Å². The van der Waals surface area contributed by atoms with Gasteiger partial charge in [-0.05, 0) is 48.5 Å². The van der Waals surface area contributed by atoms with Crippen LogP contribution in [0.5, 0.6) is 17.2 Å². The lowest BCUT2D eigenvalue weighted by Gasteiger charge is -2.29. The molecule has 152 valence electrons. The monoisotopic (exact) mass is 403 g/mol. The Morgan fingerprint density at radius 3 is 2.50 bits per heavy atom. The summed E-state index contributed by atoms with van der Waals surface area (Å²) in [6.45, 7) is 0.930. The third-order valence-corrected chi connectivity index (χ3v) is 4.62. The van der Waals surface area contributed by atoms with E-state index in [4.69, 9.17) is 9.47 Å². The third-order valence-electron chi connectivity index (χ3n) is 4.62. The Kier molecular flexibility index (Phi) is 5.89. The van der Waals surface area contributed by atoms with E-state index in [1.807, 2.05) is 24.3 Å². The van der Waals surface area contributed by atoms with Crippen molar-refractivity contribution < 1.29 is 19.1 Å². The van der Waals surface area contributed by atoms with E-state index in [2.05, 4.69) is 10.3 Å². The molecule has 0 radical (unpaired) electrons. The van der Waals surface area contributed by atoms with Gasteiger partial charge >= 0.3 is 0 Å². The smallest absolute Gasteiger partial charge is 0.227 e. The number of amides is 2. The Morgan fingerprint density at radius 2 is 1.70 bits per heavy atom. The predicted octanol–water partition coefficient (Wildman–Crippen LogP) is 4.02. The third kappa shape index (κ3) is 4.75. The molecule has 0 fully saturated rings. The summed E-state index contributed by atoms with van der Waals surface area (Å²) in [6, 6.07) is 18.0. The summed E-state index contributed by atoms with van der Waals surface area (Å²) in [5.41, 5.74) is 1.39. The number of pyridine rings is 1. The molecule has 1 aliphatic rings. The highest BCUT2D eigenvalue weighted by molar-refractivity contribution is 5.99. The standard InChI is InChI=1S/C23H21N3O4/c27-22(9-10-23(28)26-15-16-29-21-4-2-1-3-20(21)26)25-17-5-7-18(8-6-17)30-19-11-13-24-14-12-19/h1-8,11-14H,9-10,15-16H2,(H,25,27). The summed E-state index contributed by atoms with van der Waals surface area (Å²) < 4.78 is 11.3. The second-order valence-corrected chi connectivity index (χ2v) is 6.72. The van der Waals surface area contributed by atoms with E-state index < -0.39 is 0 Å². The molecule has 30 heavy (non-hydrogen) atoms. The van der Waals surface area contributed by atoms with Crippen molar-refractivity contribution in [2.24, 2.45) is 0 Å². The fraction of sp³-hybridized carbons (Fsp3) is 0.174. The van der Waals surface area contributed by atoms with Crippen molar-refractivity contribution in [1.29, 1.82) is 0 Å². The summed E-state index contributed by atoms with van der Waals surface area (Å²) in [5.74, 6) is 1.72. The van der Waals surface area contributed by atoms with Gasteiger partial charge in [0.1, 0.15) is 23.9 Å². The Labute approximate surface area is 174 Å². The van der Waals surface area contributed by atoms with Gasteiger partial charge < -0.3 is 19.7 Å². The largest absolute Gasteiger partial charge is 0.490 e. The summed E-state index contributed by atoms with van der Waals surface area (Å²) in [5, 5.41) is 2.81. The van der Waals surface area contributed by atoms with Gasteiger partial charge in [0.25, 0.3) is 0 Å². The molecule has 3 aromatic rings. The molecule has 7 nitrogen and oxygen atoms in total. The molecule has 4 rings (SSSR count). The van der Waals surface area contributed by atoms with Gasteiger partial charge in [0.15, 0.2) is 0 Å². The van der Waals surface area contributed by atoms with Crippen LogP contribution in [0.4, 0.5) is 11.4 Å². The molecular weight excluding hydrogens is 382 g/mol. The number of benzene rings is 2. The summed E-state index contributed by atoms with van der Waals surface area (Å²) in [6.07, 6.45) is 3.54. The first-order valence-electron chi connectivity index (χ1n) is 9.69. The molecule has 0 unspecified atom stereocenters. The van der Waals surface area contributed by atoms with Gasteiger partial charge in [0.05, 0.1) is 12.2 Å². The highest BCUT2D eigenvalue weighted by atomic mass is 16.5. The molecule has 1 aliphatic heterocycles. The number of carbonyl (C=O) groups excluding carboxylic acids is 2. The van der Waals surface area contributed by atoms with Gasteiger partial charge in [-0.3, -0.25) is 14.6 Å². The number of nitrogens with one attached hydrogen (secondary N) is 1. The van der Waals surface area contributed by atoms with Crippen molar-refractivity contribution in [1.82, 2.24) is 4.98 Å². The number of nitrogens with zero attached hydrogens (tertiary/aromatic N) is 2. The molecule has 0 aliphatic carbocycles. The molecule has 0 bridgehead atoms. The van der Waals surface area contributed by atoms with Crippen molar-refractivity contribution in [3.63, 3.8) is 0 Å². The number of anilines is 2. The van der Waals surface area contributed by atoms with Crippen molar-refractivity contribution >= 4 is 23.2 Å². The maximum absolute atomic E-state index is 12.6. The lowest BCUT2D eigenvalue weighted by molar-refractivity contribution is -0.122. The number of carbonyl (C=O) groups is 2. The van der Waals surface area contributed by atoms with Crippen molar-refractivity contribution in [2.75, 3.05) is 23.4 Å². The Morgan fingerprint density at radius 1 is 0.967 bits per heavy atom. The predicted molar refractivity (Wildman–Crippen MR) is 113 cm³/mol. The minimum atomic E-state index is -0.215. The number of rotatable bonds is 6. The van der Waals surface area contributed by atoms with Crippen LogP contribution < -0.4 is 19.7 Å². The second-order valence-electron chi connectivity index (χ2n) is 6.72. The number of fused-ring (bicyclic) bond motifs is 1. The van der Waals surface area contributed by atoms with Crippen LogP contribution in [-0.2, 0) is 9.59 Å². The Hall–Kier alpha value is -3.87. The summed E-state index contributed by atoms with van der Waals surface area (Å²) in [4.78, 5) is 30.5. The number of ether oxygens (including phenoxy) is 2. The first-order valence-corrected chi connectivity index (χ1v) is 9.69. The van der Waals surface area contributed by atoms with E-state index in [0.717, 1.165) is 5.69 Å². The van der Waals surface area contributed by atoms with E-state index in [0.29, 0.717) is 36.1 Å². The zero-order chi connectivity index (χ0) is 20.8. The molecule has 2 amide bonds. The zero-order valence-corrected chi connectivity index (χ0v) is 16.3. The maximum atomic E-state index is 12.6. The van der Waals surface area contributed by atoms with E-state index >= 15 is 0 Å². The number of para-hydroxylation sites is 2. The van der Waals surface area contributed by atoms with Crippen LogP contribution >= 0.6 is 0 Å². The maximum Gasteiger partial charge on any atom is 0.227 e. The lowest BCUT2D eigenvalue weighted by Crippen LogP contribution is -2.38. The molecule has 0 spiro atoms. The molecule has 2 heterocycles. The summed E-state index contributed by atoms with van der Waals surface area (Å²) in [7, 11) is 0. The van der Waals surface area contributed by atoms with Crippen LogP contribution in [-0.4, -0.2) is 29.9 Å². The molecule has 0 saturated carbocycles. The van der Waals surface area contributed by atoms with E-state index in [9.17, 15) is 9.59 Å². The van der Waals surface area contributed by atoms with Crippen LogP contribution in [0.3, 0.4) is 0 Å². The molecular formula is C23H21N3O4. The number of hydrogen-bond donors (Lipinski definition) is 1. The zero-order valence-electron chi connectivity index (χ0n) is 16.3. The fourth-order valence-corrected chi connectivity index (χ4v) is 3.16. The normalized spacial score (nSPS) is 12.5. The Balaban J connectivity index is 1.28. The number of aromatic nitrogens is 1. The molecule has 2 aromatic carbocycles. The average Bonchev–Trinajstić information content (AvgIpc) is 2.79. The van der Waals surface area contributed by atoms with Gasteiger partial charge in [-0.25, -0.2) is 0 Å². The topological polar surface area (TPSA) is 80.8 Å². The molecule has 1 N–H and O–H groups in total. The molecule has 1 aromatic heterocycles. The SMILES string of the molecule is O=C(CCC(=O)N1CCOc2ccccc21)Nc1ccc(Oc2ccncc2)cc1. The van der Waals surface area contributed by atoms with Crippen molar-refractivity contribution in [3.05, 3.63) is 73.1 Å². The fourth-order valence-electron chi connectivity index (χ4n) is 3.16. The molecule has 7 heteroatoms. The van der Waals surface area contributed by atoms with Crippen molar-refractivity contribution in [3.8, 4) is 17.2 Å². The highest BCUT2D eigenvalue weighted by Gasteiger charge is 2.23. The van der Waals surface area contributed by atoms with Gasteiger partial charge in [-0.1, -0.05) is 12.1 Å². The van der Waals surface area contributed by atoms with Crippen LogP contribution in [0.1, 0.15) is 12.8 Å².